The van der Waals surface area contributed by atoms with E-state index in [1.807, 2.05) is 11.4 Å². The molecule has 5 nitrogen and oxygen atoms in total. The van der Waals surface area contributed by atoms with Crippen molar-refractivity contribution in [2.45, 2.75) is 18.4 Å². The van der Waals surface area contributed by atoms with Gasteiger partial charge in [0.2, 0.25) is 10.0 Å². The van der Waals surface area contributed by atoms with E-state index in [0.29, 0.717) is 5.69 Å². The van der Waals surface area contributed by atoms with Crippen LogP contribution in [0.2, 0.25) is 0 Å². The Morgan fingerprint density at radius 2 is 2.14 bits per heavy atom. The molecule has 2 rings (SSSR count). The van der Waals surface area contributed by atoms with E-state index >= 15 is 0 Å². The van der Waals surface area contributed by atoms with Crippen LogP contribution in [0.1, 0.15) is 10.4 Å². The lowest BCUT2D eigenvalue weighted by atomic mass is 10.2. The third-order valence-electron chi connectivity index (χ3n) is 2.96. The maximum Gasteiger partial charge on any atom is 0.244 e. The van der Waals surface area contributed by atoms with Crippen molar-refractivity contribution < 1.29 is 13.2 Å². The van der Waals surface area contributed by atoms with E-state index in [1.165, 1.54) is 24.5 Å². The summed E-state index contributed by atoms with van der Waals surface area (Å²) < 4.78 is 33.4. The number of nitrogens with one attached hydrogen (secondary N) is 1. The third kappa shape index (κ3) is 3.57. The number of sulfonamides is 1. The summed E-state index contributed by atoms with van der Waals surface area (Å²) >= 11 is 4.84. The van der Waals surface area contributed by atoms with Gasteiger partial charge in [0, 0.05) is 21.6 Å². The molecule has 0 saturated carbocycles. The smallest absolute Gasteiger partial charge is 0.244 e. The standard InChI is InChI=1S/C13H15BrN2O3S2/c1-8-5-11(19-2)13(6-10(8)15)21(17,18)16-7-12-9(14)3-4-20-12/h3-6,16H,7,15H2,1-2H3. The number of benzene rings is 1. The molecule has 0 aliphatic carbocycles. The Kier molecular flexibility index (Phi) is 4.92. The lowest BCUT2D eigenvalue weighted by Crippen LogP contribution is -2.23. The number of hydrogen-bond acceptors (Lipinski definition) is 5. The first kappa shape index (κ1) is 16.3. The second-order valence-corrected chi connectivity index (χ2v) is 7.97. The normalized spacial score (nSPS) is 11.6. The summed E-state index contributed by atoms with van der Waals surface area (Å²) in [5.41, 5.74) is 6.98. The highest BCUT2D eigenvalue weighted by Gasteiger charge is 2.21. The summed E-state index contributed by atoms with van der Waals surface area (Å²) in [6.07, 6.45) is 0. The molecule has 0 unspecified atom stereocenters. The van der Waals surface area contributed by atoms with Gasteiger partial charge in [-0.1, -0.05) is 0 Å². The molecular formula is C13H15BrN2O3S2. The molecule has 0 spiro atoms. The molecule has 0 saturated heterocycles. The minimum absolute atomic E-state index is 0.0424. The fraction of sp³-hybridized carbons (Fsp3) is 0.231. The predicted molar refractivity (Wildman–Crippen MR) is 88.2 cm³/mol. The molecule has 0 radical (unpaired) electrons. The van der Waals surface area contributed by atoms with Crippen molar-refractivity contribution in [1.82, 2.24) is 4.72 Å². The number of halogens is 1. The van der Waals surface area contributed by atoms with E-state index in [9.17, 15) is 8.42 Å². The summed E-state index contributed by atoms with van der Waals surface area (Å²) in [6, 6.07) is 4.91. The van der Waals surface area contributed by atoms with Gasteiger partial charge in [-0.05, 0) is 52.0 Å². The molecule has 114 valence electrons. The van der Waals surface area contributed by atoms with Crippen LogP contribution in [-0.4, -0.2) is 15.5 Å². The van der Waals surface area contributed by atoms with Crippen LogP contribution >= 0.6 is 27.3 Å². The number of rotatable bonds is 5. The number of ether oxygens (including phenoxy) is 1. The lowest BCUT2D eigenvalue weighted by molar-refractivity contribution is 0.402. The number of aryl methyl sites for hydroxylation is 1. The largest absolute Gasteiger partial charge is 0.495 e. The van der Waals surface area contributed by atoms with Gasteiger partial charge in [-0.15, -0.1) is 11.3 Å². The molecule has 8 heteroatoms. The van der Waals surface area contributed by atoms with Crippen molar-refractivity contribution in [3.05, 3.63) is 38.5 Å². The van der Waals surface area contributed by atoms with Crippen LogP contribution in [0.15, 0.2) is 32.9 Å². The third-order valence-corrected chi connectivity index (χ3v) is 6.30. The zero-order valence-electron chi connectivity index (χ0n) is 11.5. The summed E-state index contributed by atoms with van der Waals surface area (Å²) in [5.74, 6) is 0.277. The fourth-order valence-electron chi connectivity index (χ4n) is 1.74. The van der Waals surface area contributed by atoms with E-state index in [1.54, 1.807) is 13.0 Å². The molecular weight excluding hydrogens is 376 g/mol. The number of nitrogens with two attached hydrogens (primary N) is 1. The summed E-state index contributed by atoms with van der Waals surface area (Å²) in [6.45, 7) is 2.00. The summed E-state index contributed by atoms with van der Waals surface area (Å²) in [7, 11) is -2.27. The van der Waals surface area contributed by atoms with Crippen LogP contribution in [0.4, 0.5) is 5.69 Å². The maximum atomic E-state index is 12.4. The highest BCUT2D eigenvalue weighted by Crippen LogP contribution is 2.29. The van der Waals surface area contributed by atoms with Gasteiger partial charge in [0.05, 0.1) is 7.11 Å². The molecule has 1 aromatic carbocycles. The molecule has 2 aromatic rings. The van der Waals surface area contributed by atoms with Crippen molar-refractivity contribution in [1.29, 1.82) is 0 Å². The highest BCUT2D eigenvalue weighted by atomic mass is 79.9. The summed E-state index contributed by atoms with van der Waals surface area (Å²) in [4.78, 5) is 0.943. The van der Waals surface area contributed by atoms with Gasteiger partial charge in [0.1, 0.15) is 10.6 Å². The number of anilines is 1. The zero-order valence-corrected chi connectivity index (χ0v) is 14.7. The van der Waals surface area contributed by atoms with Crippen molar-refractivity contribution >= 4 is 43.0 Å². The number of methoxy groups -OCH3 is 1. The molecule has 3 N–H and O–H groups in total. The Bertz CT molecular complexity index is 757. The van der Waals surface area contributed by atoms with Gasteiger partial charge in [0.25, 0.3) is 0 Å². The SMILES string of the molecule is COc1cc(C)c(N)cc1S(=O)(=O)NCc1sccc1Br. The second kappa shape index (κ2) is 6.35. The minimum Gasteiger partial charge on any atom is -0.495 e. The quantitative estimate of drug-likeness (QED) is 0.768. The molecule has 0 aliphatic heterocycles. The van der Waals surface area contributed by atoms with Crippen molar-refractivity contribution in [3.63, 3.8) is 0 Å². The molecule has 0 fully saturated rings. The molecule has 0 amide bonds. The highest BCUT2D eigenvalue weighted by molar-refractivity contribution is 9.10. The molecule has 0 aliphatic rings. The van der Waals surface area contributed by atoms with Crippen LogP contribution < -0.4 is 15.2 Å². The number of nitrogen functional groups attached to an aromatic ring is 1. The molecule has 1 heterocycles. The topological polar surface area (TPSA) is 81.4 Å². The first-order valence-corrected chi connectivity index (χ1v) is 9.16. The fourth-order valence-corrected chi connectivity index (χ4v) is 4.44. The Morgan fingerprint density at radius 3 is 2.71 bits per heavy atom. The summed E-state index contributed by atoms with van der Waals surface area (Å²) in [5, 5.41) is 1.89. The Labute approximate surface area is 136 Å². The van der Waals surface area contributed by atoms with Gasteiger partial charge in [-0.2, -0.15) is 0 Å². The minimum atomic E-state index is -3.70. The van der Waals surface area contributed by atoms with Crippen LogP contribution in [-0.2, 0) is 16.6 Å². The van der Waals surface area contributed by atoms with Crippen LogP contribution in [0.3, 0.4) is 0 Å². The first-order valence-electron chi connectivity index (χ1n) is 6.01. The van der Waals surface area contributed by atoms with Crippen LogP contribution in [0, 0.1) is 6.92 Å². The molecule has 1 aromatic heterocycles. The average Bonchev–Trinajstić information content (AvgIpc) is 2.84. The second-order valence-electron chi connectivity index (χ2n) is 4.38. The van der Waals surface area contributed by atoms with Crippen LogP contribution in [0.5, 0.6) is 5.75 Å². The van der Waals surface area contributed by atoms with Crippen LogP contribution in [0.25, 0.3) is 0 Å². The van der Waals surface area contributed by atoms with Crippen molar-refractivity contribution in [2.75, 3.05) is 12.8 Å². The van der Waals surface area contributed by atoms with Gasteiger partial charge in [-0.25, -0.2) is 13.1 Å². The molecule has 0 atom stereocenters. The number of hydrogen-bond donors (Lipinski definition) is 2. The first-order chi connectivity index (χ1) is 9.85. The Hall–Kier alpha value is -1.09. The number of thiophene rings is 1. The van der Waals surface area contributed by atoms with E-state index in [2.05, 4.69) is 20.7 Å². The van der Waals surface area contributed by atoms with E-state index in [-0.39, 0.29) is 17.2 Å². The average molecular weight is 391 g/mol. The van der Waals surface area contributed by atoms with Crippen molar-refractivity contribution in [2.24, 2.45) is 0 Å². The van der Waals surface area contributed by atoms with Gasteiger partial charge in [-0.3, -0.25) is 0 Å². The predicted octanol–water partition coefficient (Wildman–Crippen LogP) is 2.89. The lowest BCUT2D eigenvalue weighted by Gasteiger charge is -2.12. The molecule has 0 bridgehead atoms. The van der Waals surface area contributed by atoms with E-state index < -0.39 is 10.0 Å². The van der Waals surface area contributed by atoms with Gasteiger partial charge in [0.15, 0.2) is 0 Å². The van der Waals surface area contributed by atoms with Crippen molar-refractivity contribution in [3.8, 4) is 5.75 Å². The maximum absolute atomic E-state index is 12.4. The monoisotopic (exact) mass is 390 g/mol. The Balaban J connectivity index is 2.31. The van der Waals surface area contributed by atoms with E-state index in [0.717, 1.165) is 14.9 Å². The Morgan fingerprint density at radius 1 is 1.43 bits per heavy atom. The zero-order chi connectivity index (χ0) is 15.6. The van der Waals surface area contributed by atoms with Gasteiger partial charge >= 0.3 is 0 Å². The van der Waals surface area contributed by atoms with Gasteiger partial charge < -0.3 is 10.5 Å². The molecule has 21 heavy (non-hydrogen) atoms. The van der Waals surface area contributed by atoms with E-state index in [4.69, 9.17) is 10.5 Å².